The Morgan fingerprint density at radius 3 is 2.39 bits per heavy atom. The standard InChI is InChI=1S/C11H11F3N4/c1-18-6-16-10(17-18)5-15-4-7-2-8(12)11(14)9(13)3-7/h2-3,6,15H,4-5H2,1H3. The van der Waals surface area contributed by atoms with Crippen molar-refractivity contribution in [1.29, 1.82) is 0 Å². The van der Waals surface area contributed by atoms with Crippen LogP contribution < -0.4 is 5.32 Å². The van der Waals surface area contributed by atoms with Crippen LogP contribution in [0, 0.1) is 17.5 Å². The number of aryl methyl sites for hydroxylation is 1. The Hall–Kier alpha value is -1.89. The summed E-state index contributed by atoms with van der Waals surface area (Å²) < 4.78 is 40.1. The summed E-state index contributed by atoms with van der Waals surface area (Å²) in [5, 5.41) is 6.94. The summed E-state index contributed by atoms with van der Waals surface area (Å²) in [7, 11) is 1.74. The van der Waals surface area contributed by atoms with Gasteiger partial charge in [0.05, 0.1) is 6.54 Å². The molecule has 96 valence electrons. The first-order valence-corrected chi connectivity index (χ1v) is 5.25. The minimum Gasteiger partial charge on any atom is -0.306 e. The van der Waals surface area contributed by atoms with Gasteiger partial charge < -0.3 is 5.32 Å². The highest BCUT2D eigenvalue weighted by Crippen LogP contribution is 2.13. The molecule has 0 saturated carbocycles. The molecule has 18 heavy (non-hydrogen) atoms. The van der Waals surface area contributed by atoms with Crippen molar-refractivity contribution in [3.63, 3.8) is 0 Å². The molecule has 2 aromatic rings. The fourth-order valence-corrected chi connectivity index (χ4v) is 1.49. The number of nitrogens with one attached hydrogen (secondary N) is 1. The zero-order valence-electron chi connectivity index (χ0n) is 9.62. The Morgan fingerprint density at radius 1 is 1.17 bits per heavy atom. The highest BCUT2D eigenvalue weighted by atomic mass is 19.2. The molecule has 1 aromatic heterocycles. The van der Waals surface area contributed by atoms with Crippen molar-refractivity contribution in [2.75, 3.05) is 0 Å². The van der Waals surface area contributed by atoms with Gasteiger partial charge in [0.1, 0.15) is 6.33 Å². The van der Waals surface area contributed by atoms with Crippen LogP contribution in [0.25, 0.3) is 0 Å². The van der Waals surface area contributed by atoms with E-state index < -0.39 is 17.5 Å². The molecular formula is C11H11F3N4. The maximum Gasteiger partial charge on any atom is 0.194 e. The molecule has 0 unspecified atom stereocenters. The molecule has 0 aliphatic rings. The third kappa shape index (κ3) is 2.86. The zero-order chi connectivity index (χ0) is 13.1. The van der Waals surface area contributed by atoms with E-state index in [0.29, 0.717) is 17.9 Å². The van der Waals surface area contributed by atoms with Crippen LogP contribution in [0.2, 0.25) is 0 Å². The first-order chi connectivity index (χ1) is 8.56. The third-order valence-electron chi connectivity index (χ3n) is 2.30. The normalized spacial score (nSPS) is 10.9. The van der Waals surface area contributed by atoms with E-state index in [2.05, 4.69) is 15.4 Å². The van der Waals surface area contributed by atoms with E-state index in [1.807, 2.05) is 0 Å². The van der Waals surface area contributed by atoms with Gasteiger partial charge in [-0.1, -0.05) is 0 Å². The van der Waals surface area contributed by atoms with Gasteiger partial charge >= 0.3 is 0 Å². The first-order valence-electron chi connectivity index (χ1n) is 5.25. The Labute approximate surface area is 101 Å². The molecule has 0 aliphatic carbocycles. The van der Waals surface area contributed by atoms with E-state index in [0.717, 1.165) is 12.1 Å². The van der Waals surface area contributed by atoms with Gasteiger partial charge in [0, 0.05) is 13.6 Å². The smallest absolute Gasteiger partial charge is 0.194 e. The van der Waals surface area contributed by atoms with E-state index >= 15 is 0 Å². The summed E-state index contributed by atoms with van der Waals surface area (Å²) in [6.45, 7) is 0.563. The van der Waals surface area contributed by atoms with Crippen LogP contribution in [0.4, 0.5) is 13.2 Å². The molecule has 0 amide bonds. The second-order valence-corrected chi connectivity index (χ2v) is 3.81. The van der Waals surface area contributed by atoms with Crippen LogP contribution in [0.15, 0.2) is 18.5 Å². The average molecular weight is 256 g/mol. The number of rotatable bonds is 4. The lowest BCUT2D eigenvalue weighted by Gasteiger charge is -2.04. The predicted octanol–water partition coefficient (Wildman–Crippen LogP) is 1.52. The van der Waals surface area contributed by atoms with Gasteiger partial charge in [-0.25, -0.2) is 18.2 Å². The zero-order valence-corrected chi connectivity index (χ0v) is 9.62. The van der Waals surface area contributed by atoms with Gasteiger partial charge in [-0.2, -0.15) is 5.10 Å². The Bertz CT molecular complexity index is 530. The number of benzene rings is 1. The summed E-state index contributed by atoms with van der Waals surface area (Å²) in [4.78, 5) is 3.98. The minimum absolute atomic E-state index is 0.201. The molecule has 0 atom stereocenters. The summed E-state index contributed by atoms with van der Waals surface area (Å²) >= 11 is 0. The largest absolute Gasteiger partial charge is 0.306 e. The van der Waals surface area contributed by atoms with E-state index in [1.54, 1.807) is 18.1 Å². The molecule has 0 spiro atoms. The molecule has 2 rings (SSSR count). The molecule has 1 aromatic carbocycles. The summed E-state index contributed by atoms with van der Waals surface area (Å²) in [5.74, 6) is -3.27. The van der Waals surface area contributed by atoms with Crippen LogP contribution in [0.3, 0.4) is 0 Å². The number of aromatic nitrogens is 3. The molecular weight excluding hydrogens is 245 g/mol. The fraction of sp³-hybridized carbons (Fsp3) is 0.273. The van der Waals surface area contributed by atoms with Gasteiger partial charge in [-0.3, -0.25) is 4.68 Å². The Kier molecular flexibility index (Phi) is 3.61. The van der Waals surface area contributed by atoms with Gasteiger partial charge in [-0.05, 0) is 17.7 Å². The monoisotopic (exact) mass is 256 g/mol. The predicted molar refractivity (Wildman–Crippen MR) is 57.9 cm³/mol. The average Bonchev–Trinajstić information content (AvgIpc) is 2.72. The molecule has 0 radical (unpaired) electrons. The quantitative estimate of drug-likeness (QED) is 0.843. The van der Waals surface area contributed by atoms with Crippen LogP contribution in [0.5, 0.6) is 0 Å². The van der Waals surface area contributed by atoms with Gasteiger partial charge in [0.15, 0.2) is 23.3 Å². The highest BCUT2D eigenvalue weighted by Gasteiger charge is 2.10. The maximum atomic E-state index is 12.9. The van der Waals surface area contributed by atoms with Crippen LogP contribution in [-0.4, -0.2) is 14.8 Å². The second-order valence-electron chi connectivity index (χ2n) is 3.81. The number of nitrogens with zero attached hydrogens (tertiary/aromatic N) is 3. The minimum atomic E-state index is -1.45. The lowest BCUT2D eigenvalue weighted by molar-refractivity contribution is 0.444. The van der Waals surface area contributed by atoms with Crippen molar-refractivity contribution in [3.05, 3.63) is 47.3 Å². The number of hydrogen-bond donors (Lipinski definition) is 1. The van der Waals surface area contributed by atoms with Crippen molar-refractivity contribution in [1.82, 2.24) is 20.1 Å². The van der Waals surface area contributed by atoms with Crippen LogP contribution in [-0.2, 0) is 20.1 Å². The van der Waals surface area contributed by atoms with Crippen molar-refractivity contribution in [2.45, 2.75) is 13.1 Å². The van der Waals surface area contributed by atoms with Crippen molar-refractivity contribution in [3.8, 4) is 0 Å². The third-order valence-corrected chi connectivity index (χ3v) is 2.30. The van der Waals surface area contributed by atoms with E-state index in [-0.39, 0.29) is 6.54 Å². The van der Waals surface area contributed by atoms with Gasteiger partial charge in [-0.15, -0.1) is 0 Å². The molecule has 4 nitrogen and oxygen atoms in total. The molecule has 1 heterocycles. The maximum absolute atomic E-state index is 12.9. The Balaban J connectivity index is 1.94. The lowest BCUT2D eigenvalue weighted by atomic mass is 10.2. The molecule has 0 saturated heterocycles. The van der Waals surface area contributed by atoms with E-state index in [9.17, 15) is 13.2 Å². The van der Waals surface area contributed by atoms with E-state index in [4.69, 9.17) is 0 Å². The molecule has 0 aliphatic heterocycles. The highest BCUT2D eigenvalue weighted by molar-refractivity contribution is 5.19. The second kappa shape index (κ2) is 5.18. The van der Waals surface area contributed by atoms with Crippen molar-refractivity contribution < 1.29 is 13.2 Å². The SMILES string of the molecule is Cn1cnc(CNCc2cc(F)c(F)c(F)c2)n1. The summed E-state index contributed by atoms with van der Waals surface area (Å²) in [6, 6.07) is 1.91. The van der Waals surface area contributed by atoms with Gasteiger partial charge in [0.25, 0.3) is 0 Å². The lowest BCUT2D eigenvalue weighted by Crippen LogP contribution is -2.14. The Morgan fingerprint density at radius 2 is 1.83 bits per heavy atom. The topological polar surface area (TPSA) is 42.7 Å². The van der Waals surface area contributed by atoms with E-state index in [1.165, 1.54) is 0 Å². The molecule has 0 bridgehead atoms. The molecule has 7 heteroatoms. The van der Waals surface area contributed by atoms with Crippen LogP contribution >= 0.6 is 0 Å². The summed E-state index contributed by atoms with van der Waals surface area (Å²) in [6.07, 6.45) is 1.55. The number of hydrogen-bond acceptors (Lipinski definition) is 3. The molecule has 0 fully saturated rings. The summed E-state index contributed by atoms with van der Waals surface area (Å²) in [5.41, 5.74) is 0.322. The first kappa shape index (κ1) is 12.6. The number of halogens is 3. The van der Waals surface area contributed by atoms with Gasteiger partial charge in [0.2, 0.25) is 0 Å². The molecule has 1 N–H and O–H groups in total. The van der Waals surface area contributed by atoms with Crippen LogP contribution in [0.1, 0.15) is 11.4 Å². The van der Waals surface area contributed by atoms with Crippen molar-refractivity contribution in [2.24, 2.45) is 7.05 Å². The fourth-order valence-electron chi connectivity index (χ4n) is 1.49. The van der Waals surface area contributed by atoms with Crippen molar-refractivity contribution >= 4 is 0 Å².